The van der Waals surface area contributed by atoms with Gasteiger partial charge in [0.05, 0.1) is 5.75 Å². The second-order valence-electron chi connectivity index (χ2n) is 5.89. The minimum absolute atomic E-state index is 0.0175. The van der Waals surface area contributed by atoms with Crippen LogP contribution in [0.2, 0.25) is 0 Å². The molecule has 21 heavy (non-hydrogen) atoms. The van der Waals surface area contributed by atoms with Crippen LogP contribution in [-0.4, -0.2) is 39.9 Å². The normalized spacial score (nSPS) is 11.5. The molecule has 5 nitrogen and oxygen atoms in total. The molecule has 0 bridgehead atoms. The van der Waals surface area contributed by atoms with Crippen molar-refractivity contribution in [2.24, 2.45) is 5.92 Å². The van der Waals surface area contributed by atoms with Gasteiger partial charge in [-0.2, -0.15) is 0 Å². The molecule has 0 aliphatic heterocycles. The highest BCUT2D eigenvalue weighted by Gasteiger charge is 2.18. The van der Waals surface area contributed by atoms with Crippen LogP contribution in [0, 0.1) is 12.8 Å². The Labute approximate surface area is 127 Å². The van der Waals surface area contributed by atoms with Crippen LogP contribution in [0.3, 0.4) is 0 Å². The van der Waals surface area contributed by atoms with Gasteiger partial charge in [-0.05, 0) is 36.6 Å². The number of carbonyl (C=O) groups is 1. The number of amides is 1. The summed E-state index contributed by atoms with van der Waals surface area (Å²) in [5.74, 6) is -0.917. The number of hydrogen-bond acceptors (Lipinski definition) is 4. The lowest BCUT2D eigenvalue weighted by atomic mass is 10.1. The molecule has 0 saturated heterocycles. The van der Waals surface area contributed by atoms with Crippen LogP contribution >= 0.6 is 0 Å². The Hall–Kier alpha value is -1.56. The minimum Gasteiger partial charge on any atom is -0.378 e. The van der Waals surface area contributed by atoms with Crippen molar-refractivity contribution in [3.8, 4) is 0 Å². The number of carbonyl (C=O) groups excluding carboxylic acids is 1. The second kappa shape index (κ2) is 6.93. The van der Waals surface area contributed by atoms with Gasteiger partial charge in [-0.15, -0.1) is 0 Å². The van der Waals surface area contributed by atoms with Crippen LogP contribution in [0.4, 0.5) is 11.4 Å². The molecule has 0 fully saturated rings. The molecule has 0 radical (unpaired) electrons. The van der Waals surface area contributed by atoms with Crippen molar-refractivity contribution < 1.29 is 13.2 Å². The van der Waals surface area contributed by atoms with Gasteiger partial charge in [0, 0.05) is 25.5 Å². The first-order valence-electron chi connectivity index (χ1n) is 6.89. The molecule has 0 heterocycles. The SMILES string of the molecule is Cc1cc(N(C)C)ccc1NC(=O)CS(=O)(=O)CC(C)C. The molecule has 118 valence electrons. The van der Waals surface area contributed by atoms with E-state index in [1.54, 1.807) is 6.07 Å². The molecule has 0 aromatic heterocycles. The van der Waals surface area contributed by atoms with E-state index in [9.17, 15) is 13.2 Å². The first kappa shape index (κ1) is 17.5. The van der Waals surface area contributed by atoms with E-state index in [4.69, 9.17) is 0 Å². The predicted octanol–water partition coefficient (Wildman–Crippen LogP) is 2.07. The molecule has 1 aromatic carbocycles. The van der Waals surface area contributed by atoms with Crippen molar-refractivity contribution in [2.75, 3.05) is 35.8 Å². The molecule has 0 unspecified atom stereocenters. The number of nitrogens with zero attached hydrogens (tertiary/aromatic N) is 1. The molecule has 1 N–H and O–H groups in total. The topological polar surface area (TPSA) is 66.5 Å². The maximum atomic E-state index is 11.9. The maximum Gasteiger partial charge on any atom is 0.239 e. The number of sulfone groups is 1. The van der Waals surface area contributed by atoms with Crippen molar-refractivity contribution in [2.45, 2.75) is 20.8 Å². The van der Waals surface area contributed by atoms with Crippen molar-refractivity contribution in [3.05, 3.63) is 23.8 Å². The molecule has 0 saturated carbocycles. The molecule has 0 aliphatic rings. The van der Waals surface area contributed by atoms with E-state index in [1.807, 2.05) is 51.9 Å². The smallest absolute Gasteiger partial charge is 0.239 e. The molecule has 1 rings (SSSR count). The highest BCUT2D eigenvalue weighted by Crippen LogP contribution is 2.21. The number of rotatable bonds is 6. The summed E-state index contributed by atoms with van der Waals surface area (Å²) < 4.78 is 23.6. The van der Waals surface area contributed by atoms with Crippen LogP contribution in [-0.2, 0) is 14.6 Å². The average molecular weight is 312 g/mol. The zero-order valence-electron chi connectivity index (χ0n) is 13.3. The summed E-state index contributed by atoms with van der Waals surface area (Å²) in [6.07, 6.45) is 0. The molecule has 0 aliphatic carbocycles. The summed E-state index contributed by atoms with van der Waals surface area (Å²) in [6.45, 7) is 5.52. The van der Waals surface area contributed by atoms with Gasteiger partial charge in [0.15, 0.2) is 9.84 Å². The van der Waals surface area contributed by atoms with Gasteiger partial charge in [0.2, 0.25) is 5.91 Å². The summed E-state index contributed by atoms with van der Waals surface area (Å²) >= 11 is 0. The lowest BCUT2D eigenvalue weighted by Gasteiger charge is -2.15. The fourth-order valence-corrected chi connectivity index (χ4v) is 3.62. The van der Waals surface area contributed by atoms with Gasteiger partial charge in [-0.3, -0.25) is 4.79 Å². The van der Waals surface area contributed by atoms with Crippen LogP contribution in [0.5, 0.6) is 0 Å². The van der Waals surface area contributed by atoms with Gasteiger partial charge >= 0.3 is 0 Å². The fraction of sp³-hybridized carbons (Fsp3) is 0.533. The van der Waals surface area contributed by atoms with Gasteiger partial charge in [-0.25, -0.2) is 8.42 Å². The van der Waals surface area contributed by atoms with Gasteiger partial charge in [-0.1, -0.05) is 13.8 Å². The molecule has 1 amide bonds. The minimum atomic E-state index is -3.35. The largest absolute Gasteiger partial charge is 0.378 e. The number of anilines is 2. The van der Waals surface area contributed by atoms with Crippen molar-refractivity contribution in [3.63, 3.8) is 0 Å². The number of benzene rings is 1. The summed E-state index contributed by atoms with van der Waals surface area (Å²) in [5.41, 5.74) is 2.57. The summed E-state index contributed by atoms with van der Waals surface area (Å²) in [6, 6.07) is 5.61. The van der Waals surface area contributed by atoms with Gasteiger partial charge in [0.1, 0.15) is 5.75 Å². The molecule has 0 spiro atoms. The zero-order chi connectivity index (χ0) is 16.2. The molecular formula is C15H24N2O3S. The van der Waals surface area contributed by atoms with E-state index in [-0.39, 0.29) is 11.7 Å². The monoisotopic (exact) mass is 312 g/mol. The Kier molecular flexibility index (Phi) is 5.78. The van der Waals surface area contributed by atoms with E-state index in [1.165, 1.54) is 0 Å². The van der Waals surface area contributed by atoms with Crippen LogP contribution < -0.4 is 10.2 Å². The Morgan fingerprint density at radius 3 is 2.38 bits per heavy atom. The van der Waals surface area contributed by atoms with Gasteiger partial charge in [0.25, 0.3) is 0 Å². The Morgan fingerprint density at radius 1 is 1.29 bits per heavy atom. The van der Waals surface area contributed by atoms with E-state index in [2.05, 4.69) is 5.32 Å². The number of hydrogen-bond donors (Lipinski definition) is 1. The Balaban J connectivity index is 2.76. The lowest BCUT2D eigenvalue weighted by molar-refractivity contribution is -0.113. The van der Waals surface area contributed by atoms with E-state index < -0.39 is 21.5 Å². The second-order valence-corrected chi connectivity index (χ2v) is 8.00. The Bertz CT molecular complexity index is 607. The standard InChI is InChI=1S/C15H24N2O3S/c1-11(2)9-21(19,20)10-15(18)16-14-7-6-13(17(4)5)8-12(14)3/h6-8,11H,9-10H2,1-5H3,(H,16,18). The van der Waals surface area contributed by atoms with Crippen molar-refractivity contribution >= 4 is 27.1 Å². The summed E-state index contributed by atoms with van der Waals surface area (Å²) in [5, 5.41) is 2.67. The molecular weight excluding hydrogens is 288 g/mol. The van der Waals surface area contributed by atoms with Crippen LogP contribution in [0.15, 0.2) is 18.2 Å². The third-order valence-electron chi connectivity index (χ3n) is 2.94. The first-order chi connectivity index (χ1) is 9.60. The van der Waals surface area contributed by atoms with Gasteiger partial charge < -0.3 is 10.2 Å². The molecule has 6 heteroatoms. The van der Waals surface area contributed by atoms with Crippen LogP contribution in [0.25, 0.3) is 0 Å². The van der Waals surface area contributed by atoms with E-state index in [0.29, 0.717) is 5.69 Å². The fourth-order valence-electron chi connectivity index (χ4n) is 2.02. The average Bonchev–Trinajstić information content (AvgIpc) is 2.28. The predicted molar refractivity (Wildman–Crippen MR) is 87.6 cm³/mol. The van der Waals surface area contributed by atoms with E-state index >= 15 is 0 Å². The summed E-state index contributed by atoms with van der Waals surface area (Å²) in [7, 11) is 0.517. The third-order valence-corrected chi connectivity index (χ3v) is 4.82. The lowest BCUT2D eigenvalue weighted by Crippen LogP contribution is -2.26. The zero-order valence-corrected chi connectivity index (χ0v) is 14.1. The highest BCUT2D eigenvalue weighted by atomic mass is 32.2. The quantitative estimate of drug-likeness (QED) is 0.873. The first-order valence-corrected chi connectivity index (χ1v) is 8.71. The van der Waals surface area contributed by atoms with E-state index in [0.717, 1.165) is 11.3 Å². The van der Waals surface area contributed by atoms with Crippen molar-refractivity contribution in [1.29, 1.82) is 0 Å². The highest BCUT2D eigenvalue weighted by molar-refractivity contribution is 7.92. The van der Waals surface area contributed by atoms with Crippen LogP contribution in [0.1, 0.15) is 19.4 Å². The maximum absolute atomic E-state index is 11.9. The number of aryl methyl sites for hydroxylation is 1. The summed E-state index contributed by atoms with van der Waals surface area (Å²) in [4.78, 5) is 13.8. The molecule has 0 atom stereocenters. The third kappa shape index (κ3) is 5.75. The van der Waals surface area contributed by atoms with Crippen molar-refractivity contribution in [1.82, 2.24) is 0 Å². The number of nitrogens with one attached hydrogen (secondary N) is 1. The Morgan fingerprint density at radius 2 is 1.90 bits per heavy atom. The molecule has 1 aromatic rings.